The molecule has 0 atom stereocenters. The molecule has 0 heteroatoms. The fourth-order valence-electron chi connectivity index (χ4n) is 5.16. The first-order valence-electron chi connectivity index (χ1n) is 23.5. The summed E-state index contributed by atoms with van der Waals surface area (Å²) in [6.45, 7) is 0. The Morgan fingerprint density at radius 3 is 0.944 bits per heavy atom. The van der Waals surface area contributed by atoms with Crippen LogP contribution in [0.1, 0.15) is 69.0 Å². The lowest BCUT2D eigenvalue weighted by Crippen LogP contribution is -2.49. The maximum Gasteiger partial charge on any atom is 0.0635 e. The zero-order chi connectivity index (χ0) is 46.6. The largest absolute Gasteiger partial charge is 0.0635 e. The zero-order valence-corrected chi connectivity index (χ0v) is 18.0. The van der Waals surface area contributed by atoms with Gasteiger partial charge in [0.15, 0.2) is 0 Å². The Kier molecular flexibility index (Phi) is 1.64. The van der Waals surface area contributed by atoms with Crippen molar-refractivity contribution in [1.82, 2.24) is 0 Å². The van der Waals surface area contributed by atoms with E-state index in [0.29, 0.717) is 0 Å². The highest BCUT2D eigenvalue weighted by Gasteiger charge is 2.62. The van der Waals surface area contributed by atoms with Gasteiger partial charge in [-0.05, 0) is 44.2 Å². The SMILES string of the molecule is [2H]c1c([2H])c([2H])c(C2(c3c([2H])c([2H])c([2H])c([2H])c3[2H])c3c([2H])c([2H])c([2H])c4c([2H])c([2H])c([2H])c(c34)C2(c2c([2H])c([2H])c([2H])c([2H])c2[2H])c2c([2H])c([2H])c([2H])c([2H])c2[2H])c([2H])c1[2H]. The van der Waals surface area contributed by atoms with E-state index in [2.05, 4.69) is 0 Å². The van der Waals surface area contributed by atoms with Crippen LogP contribution in [0.25, 0.3) is 10.8 Å². The van der Waals surface area contributed by atoms with E-state index in [1.807, 2.05) is 0 Å². The highest BCUT2D eigenvalue weighted by Crippen LogP contribution is 2.66. The minimum atomic E-state index is -3.70. The van der Waals surface area contributed by atoms with Crippen molar-refractivity contribution in [3.8, 4) is 0 Å². The van der Waals surface area contributed by atoms with Gasteiger partial charge in [0.05, 0.1) is 46.5 Å². The molecule has 0 nitrogen and oxygen atoms in total. The molecule has 7 rings (SSSR count). The van der Waals surface area contributed by atoms with E-state index in [1.54, 1.807) is 0 Å². The molecule has 0 N–H and O–H groups in total. The van der Waals surface area contributed by atoms with E-state index < -0.39 is 212 Å². The fraction of sp³-hybridized carbons (Fsp3) is 0.0556. The minimum Gasteiger partial charge on any atom is -0.0622 e. The van der Waals surface area contributed by atoms with Crippen LogP contribution in [0.4, 0.5) is 0 Å². The van der Waals surface area contributed by atoms with Gasteiger partial charge in [-0.25, -0.2) is 0 Å². The summed E-state index contributed by atoms with van der Waals surface area (Å²) < 4.78 is 237. The van der Waals surface area contributed by atoms with Crippen molar-refractivity contribution in [1.29, 1.82) is 0 Å². The highest BCUT2D eigenvalue weighted by atomic mass is 14.6. The minimum absolute atomic E-state index is 0.831. The van der Waals surface area contributed by atoms with E-state index >= 15 is 0 Å². The third-order valence-electron chi connectivity index (χ3n) is 6.31. The standard InChI is InChI=1S/C36H26/c1-5-17-28(18-6-1)35(29-19-7-2-8-20-29)32-25-13-15-27-16-14-26-33(34(27)32)36(35,30-21-9-3-10-22-30)31-23-11-4-12-24-31/h1-26H/i1D,2D,3D,4D,5D,6D,7D,8D,9D,10D,11D,12D,13D,14D,15D,16D,17D,18D,19D,20D,21D,22D,23D,24D,25D,26D. The highest BCUT2D eigenvalue weighted by molar-refractivity contribution is 5.98. The van der Waals surface area contributed by atoms with Crippen LogP contribution in [0.3, 0.4) is 0 Å². The fourth-order valence-corrected chi connectivity index (χ4v) is 5.16. The van der Waals surface area contributed by atoms with Gasteiger partial charge in [-0.2, -0.15) is 0 Å². The van der Waals surface area contributed by atoms with E-state index in [9.17, 15) is 13.7 Å². The van der Waals surface area contributed by atoms with Crippen molar-refractivity contribution >= 4 is 10.8 Å². The maximum atomic E-state index is 9.66. The molecule has 6 aromatic rings. The summed E-state index contributed by atoms with van der Waals surface area (Å²) in [4.78, 5) is 0. The van der Waals surface area contributed by atoms with Crippen LogP contribution >= 0.6 is 0 Å². The summed E-state index contributed by atoms with van der Waals surface area (Å²) in [6, 6.07) is -31.7. The van der Waals surface area contributed by atoms with E-state index in [-0.39, 0.29) is 0 Å². The molecule has 0 saturated carbocycles. The average Bonchev–Trinajstić information content (AvgIpc) is 3.49. The molecule has 0 fully saturated rings. The van der Waals surface area contributed by atoms with E-state index in [0.717, 1.165) is 0 Å². The van der Waals surface area contributed by atoms with Crippen molar-refractivity contribution in [2.45, 2.75) is 10.8 Å². The number of hydrogen-bond acceptors (Lipinski definition) is 0. The summed E-state index contributed by atoms with van der Waals surface area (Å²) in [5.74, 6) is 0. The molecule has 1 aliphatic rings. The molecule has 0 amide bonds. The van der Waals surface area contributed by atoms with Gasteiger partial charge < -0.3 is 0 Å². The number of benzene rings is 6. The molecule has 6 aromatic carbocycles. The molecular formula is C36H26. The van der Waals surface area contributed by atoms with Gasteiger partial charge in [0.1, 0.15) is 0 Å². The van der Waals surface area contributed by atoms with E-state index in [4.69, 9.17) is 21.9 Å². The number of rotatable bonds is 4. The molecule has 0 saturated heterocycles. The lowest BCUT2D eigenvalue weighted by molar-refractivity contribution is 0.442. The van der Waals surface area contributed by atoms with Gasteiger partial charge in [0, 0.05) is 0 Å². The van der Waals surface area contributed by atoms with Gasteiger partial charge in [-0.3, -0.25) is 0 Å². The van der Waals surface area contributed by atoms with Crippen LogP contribution in [0.2, 0.25) is 0 Å². The molecule has 0 spiro atoms. The van der Waals surface area contributed by atoms with Gasteiger partial charge in [-0.1, -0.05) is 157 Å². The van der Waals surface area contributed by atoms with E-state index in [1.165, 1.54) is 0 Å². The zero-order valence-electron chi connectivity index (χ0n) is 44.0. The first-order valence-corrected chi connectivity index (χ1v) is 10.5. The second-order valence-electron chi connectivity index (χ2n) is 7.75. The van der Waals surface area contributed by atoms with Gasteiger partial charge in [-0.15, -0.1) is 0 Å². The van der Waals surface area contributed by atoms with Crippen LogP contribution in [0, 0.1) is 0 Å². The third kappa shape index (κ3) is 2.59. The van der Waals surface area contributed by atoms with Crippen molar-refractivity contribution in [3.05, 3.63) is 190 Å². The number of hydrogen-bond donors (Lipinski definition) is 0. The quantitative estimate of drug-likeness (QED) is 0.235. The summed E-state index contributed by atoms with van der Waals surface area (Å²) in [5.41, 5.74) is -14.5. The molecule has 170 valence electrons. The van der Waals surface area contributed by atoms with Crippen LogP contribution in [0.5, 0.6) is 0 Å². The predicted octanol–water partition coefficient (Wildman–Crippen LogP) is 8.52. The second-order valence-corrected chi connectivity index (χ2v) is 7.75. The van der Waals surface area contributed by atoms with Crippen molar-refractivity contribution in [2.24, 2.45) is 0 Å². The Hall–Kier alpha value is -4.42. The first kappa shape index (κ1) is 7.31. The van der Waals surface area contributed by atoms with Crippen LogP contribution in [-0.4, -0.2) is 0 Å². The molecule has 1 aliphatic carbocycles. The molecule has 0 aliphatic heterocycles. The lowest BCUT2D eigenvalue weighted by atomic mass is 9.50. The van der Waals surface area contributed by atoms with Gasteiger partial charge >= 0.3 is 0 Å². The molecule has 0 radical (unpaired) electrons. The first-order chi connectivity index (χ1) is 28.7. The topological polar surface area (TPSA) is 0 Å². The van der Waals surface area contributed by atoms with Gasteiger partial charge in [0.2, 0.25) is 0 Å². The lowest BCUT2D eigenvalue weighted by Gasteiger charge is -2.49. The molecule has 0 unspecified atom stereocenters. The normalized spacial score (nSPS) is 25.2. The predicted molar refractivity (Wildman–Crippen MR) is 149 cm³/mol. The Bertz CT molecular complexity index is 2640. The van der Waals surface area contributed by atoms with Crippen molar-refractivity contribution in [2.75, 3.05) is 0 Å². The molecule has 36 heavy (non-hydrogen) atoms. The van der Waals surface area contributed by atoms with Gasteiger partial charge in [0.25, 0.3) is 0 Å². The second kappa shape index (κ2) is 8.07. The van der Waals surface area contributed by atoms with Crippen LogP contribution in [0.15, 0.2) is 157 Å². The Balaban J connectivity index is 2.18. The molecule has 0 heterocycles. The summed E-state index contributed by atoms with van der Waals surface area (Å²) in [6.07, 6.45) is 0. The Morgan fingerprint density at radius 1 is 0.333 bits per heavy atom. The summed E-state index contributed by atoms with van der Waals surface area (Å²) >= 11 is 0. The van der Waals surface area contributed by atoms with Crippen LogP contribution < -0.4 is 0 Å². The Morgan fingerprint density at radius 2 is 0.639 bits per heavy atom. The monoisotopic (exact) mass is 484 g/mol. The average molecular weight is 485 g/mol. The molecular weight excluding hydrogens is 432 g/mol. The summed E-state index contributed by atoms with van der Waals surface area (Å²) in [5, 5.41) is -1.66. The maximum absolute atomic E-state index is 9.66. The van der Waals surface area contributed by atoms with Crippen molar-refractivity contribution in [3.63, 3.8) is 0 Å². The molecule has 0 bridgehead atoms. The van der Waals surface area contributed by atoms with Crippen molar-refractivity contribution < 1.29 is 35.6 Å². The van der Waals surface area contributed by atoms with Crippen LogP contribution in [-0.2, 0) is 10.8 Å². The third-order valence-corrected chi connectivity index (χ3v) is 6.31. The summed E-state index contributed by atoms with van der Waals surface area (Å²) in [7, 11) is 0. The smallest absolute Gasteiger partial charge is 0.0622 e. The Labute approximate surface area is 249 Å². The molecule has 0 aromatic heterocycles.